The lowest BCUT2D eigenvalue weighted by atomic mass is 10.0. The lowest BCUT2D eigenvalue weighted by Crippen LogP contribution is -2.47. The highest BCUT2D eigenvalue weighted by atomic mass is 35.5. The van der Waals surface area contributed by atoms with Crippen LogP contribution in [0.3, 0.4) is 0 Å². The molecule has 2 heterocycles. The maximum Gasteiger partial charge on any atom is 0.241 e. The van der Waals surface area contributed by atoms with E-state index < -0.39 is 0 Å². The molecule has 1 N–H and O–H groups in total. The number of piperidine rings is 1. The zero-order valence-corrected chi connectivity index (χ0v) is 14.3. The molecule has 1 aliphatic rings. The van der Waals surface area contributed by atoms with Crippen LogP contribution in [-0.2, 0) is 11.8 Å². The Balaban J connectivity index is 0.00000220. The van der Waals surface area contributed by atoms with E-state index >= 15 is 0 Å². The predicted molar refractivity (Wildman–Crippen MR) is 88.1 cm³/mol. The van der Waals surface area contributed by atoms with Crippen molar-refractivity contribution in [2.45, 2.75) is 52.5 Å². The summed E-state index contributed by atoms with van der Waals surface area (Å²) in [5, 5.41) is 7.45. The minimum absolute atomic E-state index is 0. The number of carbonyl (C=O) groups excluding carboxylic acids is 1. The van der Waals surface area contributed by atoms with Crippen LogP contribution in [0.5, 0.6) is 0 Å². The van der Waals surface area contributed by atoms with Crippen LogP contribution in [0.15, 0.2) is 0 Å². The van der Waals surface area contributed by atoms with Gasteiger partial charge in [0.15, 0.2) is 0 Å². The highest BCUT2D eigenvalue weighted by Crippen LogP contribution is 2.22. The summed E-state index contributed by atoms with van der Waals surface area (Å²) in [6, 6.07) is 0.0164. The standard InChI is InChI=1S/C15H26N4O.ClH/c1-5-9-19-10-7-6-8-13(19)15(20)16-14-11(2)17-18(4)12(14)3;/h13H,5-10H2,1-4H3,(H,16,20);1H/t13-;/m0./s1. The molecular formula is C15H27ClN4O. The smallest absolute Gasteiger partial charge is 0.241 e. The van der Waals surface area contributed by atoms with Crippen molar-refractivity contribution in [3.63, 3.8) is 0 Å². The van der Waals surface area contributed by atoms with Gasteiger partial charge in [0.05, 0.1) is 23.1 Å². The second-order valence-corrected chi connectivity index (χ2v) is 5.71. The van der Waals surface area contributed by atoms with E-state index in [1.54, 1.807) is 0 Å². The van der Waals surface area contributed by atoms with Crippen LogP contribution in [-0.4, -0.2) is 39.7 Å². The number of aromatic nitrogens is 2. The summed E-state index contributed by atoms with van der Waals surface area (Å²) in [4.78, 5) is 14.9. The normalized spacial score (nSPS) is 19.1. The topological polar surface area (TPSA) is 50.2 Å². The molecule has 5 nitrogen and oxygen atoms in total. The van der Waals surface area contributed by atoms with Gasteiger partial charge in [-0.2, -0.15) is 5.10 Å². The quantitative estimate of drug-likeness (QED) is 0.929. The second kappa shape index (κ2) is 7.80. The number of anilines is 1. The molecule has 1 aliphatic heterocycles. The Morgan fingerprint density at radius 3 is 2.67 bits per heavy atom. The maximum absolute atomic E-state index is 12.6. The zero-order valence-electron chi connectivity index (χ0n) is 13.5. The first-order chi connectivity index (χ1) is 9.54. The fourth-order valence-corrected chi connectivity index (χ4v) is 3.00. The molecule has 1 fully saturated rings. The van der Waals surface area contributed by atoms with Crippen molar-refractivity contribution < 1.29 is 4.79 Å². The Morgan fingerprint density at radius 1 is 1.38 bits per heavy atom. The number of likely N-dealkylation sites (tertiary alicyclic amines) is 1. The molecular weight excluding hydrogens is 288 g/mol. The molecule has 0 unspecified atom stereocenters. The summed E-state index contributed by atoms with van der Waals surface area (Å²) in [5.41, 5.74) is 2.77. The van der Waals surface area contributed by atoms with E-state index in [0.29, 0.717) is 0 Å². The lowest BCUT2D eigenvalue weighted by molar-refractivity contribution is -0.122. The monoisotopic (exact) mass is 314 g/mol. The number of nitrogens with zero attached hydrogens (tertiary/aromatic N) is 3. The molecule has 21 heavy (non-hydrogen) atoms. The molecule has 0 saturated carbocycles. The maximum atomic E-state index is 12.6. The zero-order chi connectivity index (χ0) is 14.7. The van der Waals surface area contributed by atoms with E-state index in [1.807, 2.05) is 25.6 Å². The van der Waals surface area contributed by atoms with Crippen molar-refractivity contribution in [1.29, 1.82) is 0 Å². The Hall–Kier alpha value is -1.07. The molecule has 0 aromatic carbocycles. The number of rotatable bonds is 4. The Bertz CT molecular complexity index is 484. The van der Waals surface area contributed by atoms with E-state index in [1.165, 1.54) is 6.42 Å². The summed E-state index contributed by atoms with van der Waals surface area (Å²) in [5.74, 6) is 0.123. The molecule has 0 spiro atoms. The number of halogens is 1. The minimum Gasteiger partial charge on any atom is -0.322 e. The van der Waals surface area contributed by atoms with E-state index in [2.05, 4.69) is 22.2 Å². The van der Waals surface area contributed by atoms with Crippen LogP contribution in [0, 0.1) is 13.8 Å². The molecule has 1 aromatic rings. The van der Waals surface area contributed by atoms with Gasteiger partial charge in [-0.15, -0.1) is 12.4 Å². The largest absolute Gasteiger partial charge is 0.322 e. The molecule has 0 radical (unpaired) electrons. The van der Waals surface area contributed by atoms with E-state index in [9.17, 15) is 4.79 Å². The average Bonchev–Trinajstić information content (AvgIpc) is 2.66. The summed E-state index contributed by atoms with van der Waals surface area (Å²) >= 11 is 0. The average molecular weight is 315 g/mol. The third-order valence-corrected chi connectivity index (χ3v) is 4.18. The van der Waals surface area contributed by atoms with Crippen molar-refractivity contribution in [1.82, 2.24) is 14.7 Å². The van der Waals surface area contributed by atoms with Crippen molar-refractivity contribution in [2.75, 3.05) is 18.4 Å². The number of hydrogen-bond acceptors (Lipinski definition) is 3. The molecule has 6 heteroatoms. The number of aryl methyl sites for hydroxylation is 2. The number of hydrogen-bond donors (Lipinski definition) is 1. The predicted octanol–water partition coefficient (Wildman–Crippen LogP) is 2.66. The van der Waals surface area contributed by atoms with Gasteiger partial charge in [0.25, 0.3) is 0 Å². The molecule has 1 amide bonds. The molecule has 0 bridgehead atoms. The van der Waals surface area contributed by atoms with Gasteiger partial charge < -0.3 is 5.32 Å². The van der Waals surface area contributed by atoms with Gasteiger partial charge in [-0.05, 0) is 46.2 Å². The van der Waals surface area contributed by atoms with E-state index in [4.69, 9.17) is 0 Å². The summed E-state index contributed by atoms with van der Waals surface area (Å²) < 4.78 is 1.82. The first kappa shape index (κ1) is 18.0. The third-order valence-electron chi connectivity index (χ3n) is 4.18. The Labute approximate surface area is 133 Å². The van der Waals surface area contributed by atoms with Crippen molar-refractivity contribution in [3.8, 4) is 0 Å². The summed E-state index contributed by atoms with van der Waals surface area (Å²) in [6.45, 7) is 8.13. The van der Waals surface area contributed by atoms with Gasteiger partial charge in [-0.25, -0.2) is 0 Å². The van der Waals surface area contributed by atoms with E-state index in [-0.39, 0.29) is 24.4 Å². The van der Waals surface area contributed by atoms with Crippen LogP contribution in [0.25, 0.3) is 0 Å². The van der Waals surface area contributed by atoms with Gasteiger partial charge in [0, 0.05) is 7.05 Å². The molecule has 1 atom stereocenters. The van der Waals surface area contributed by atoms with Crippen molar-refractivity contribution in [3.05, 3.63) is 11.4 Å². The first-order valence-electron chi connectivity index (χ1n) is 7.59. The van der Waals surface area contributed by atoms with Gasteiger partial charge in [0.1, 0.15) is 0 Å². The third kappa shape index (κ3) is 3.98. The minimum atomic E-state index is 0. The molecule has 2 rings (SSSR count). The van der Waals surface area contributed by atoms with Crippen LogP contribution in [0.1, 0.15) is 44.0 Å². The molecule has 0 aliphatic carbocycles. The van der Waals surface area contributed by atoms with Gasteiger partial charge >= 0.3 is 0 Å². The highest BCUT2D eigenvalue weighted by molar-refractivity contribution is 5.95. The Kier molecular flexibility index (Phi) is 6.68. The Morgan fingerprint density at radius 2 is 2.10 bits per heavy atom. The van der Waals surface area contributed by atoms with Crippen molar-refractivity contribution in [2.24, 2.45) is 7.05 Å². The molecule has 1 aromatic heterocycles. The highest BCUT2D eigenvalue weighted by Gasteiger charge is 2.28. The number of nitrogens with one attached hydrogen (secondary N) is 1. The fraction of sp³-hybridized carbons (Fsp3) is 0.733. The lowest BCUT2D eigenvalue weighted by Gasteiger charge is -2.34. The first-order valence-corrected chi connectivity index (χ1v) is 7.59. The molecule has 1 saturated heterocycles. The summed E-state index contributed by atoms with van der Waals surface area (Å²) in [6.07, 6.45) is 4.40. The SMILES string of the molecule is CCCN1CCCC[C@H]1C(=O)Nc1c(C)nn(C)c1C.Cl. The second-order valence-electron chi connectivity index (χ2n) is 5.71. The molecule has 120 valence electrons. The van der Waals surface area contributed by atoms with Crippen molar-refractivity contribution >= 4 is 24.0 Å². The number of amides is 1. The summed E-state index contributed by atoms with van der Waals surface area (Å²) in [7, 11) is 1.90. The van der Waals surface area contributed by atoms with Gasteiger partial charge in [-0.1, -0.05) is 13.3 Å². The van der Waals surface area contributed by atoms with Gasteiger partial charge in [0.2, 0.25) is 5.91 Å². The van der Waals surface area contributed by atoms with Crippen LogP contribution in [0.4, 0.5) is 5.69 Å². The van der Waals surface area contributed by atoms with Crippen LogP contribution >= 0.6 is 12.4 Å². The van der Waals surface area contributed by atoms with Gasteiger partial charge in [-0.3, -0.25) is 14.4 Å². The van der Waals surface area contributed by atoms with E-state index in [0.717, 1.165) is 49.4 Å². The fourth-order valence-electron chi connectivity index (χ4n) is 3.00. The van der Waals surface area contributed by atoms with Crippen LogP contribution < -0.4 is 5.32 Å². The number of carbonyl (C=O) groups is 1. The van der Waals surface area contributed by atoms with Crippen LogP contribution in [0.2, 0.25) is 0 Å².